The summed E-state index contributed by atoms with van der Waals surface area (Å²) in [6, 6.07) is 7.80. The zero-order chi connectivity index (χ0) is 11.3. The predicted octanol–water partition coefficient (Wildman–Crippen LogP) is 3.48. The molecule has 1 atom stereocenters. The number of hydrogen-bond acceptors (Lipinski definition) is 3. The third-order valence-electron chi connectivity index (χ3n) is 2.09. The SMILES string of the molecule is CSC(C)CNc1ccc(C#N)c(Br)c1. The fourth-order valence-corrected chi connectivity index (χ4v) is 1.78. The molecule has 15 heavy (non-hydrogen) atoms. The second kappa shape index (κ2) is 6.04. The lowest BCUT2D eigenvalue weighted by atomic mass is 10.2. The van der Waals surface area contributed by atoms with E-state index in [-0.39, 0.29) is 0 Å². The maximum Gasteiger partial charge on any atom is 0.100 e. The minimum atomic E-state index is 0.583. The number of halogens is 1. The molecule has 1 N–H and O–H groups in total. The number of nitrogens with zero attached hydrogens (tertiary/aromatic N) is 1. The Hall–Kier alpha value is -0.660. The number of rotatable bonds is 4. The molecule has 1 aromatic rings. The van der Waals surface area contributed by atoms with Crippen LogP contribution in [0.2, 0.25) is 0 Å². The van der Waals surface area contributed by atoms with Crippen LogP contribution in [0.3, 0.4) is 0 Å². The zero-order valence-electron chi connectivity index (χ0n) is 8.75. The molecule has 0 aliphatic rings. The van der Waals surface area contributed by atoms with Gasteiger partial charge in [0.05, 0.1) is 5.56 Å². The van der Waals surface area contributed by atoms with Gasteiger partial charge in [-0.3, -0.25) is 0 Å². The molecule has 0 aliphatic carbocycles. The Balaban J connectivity index is 2.64. The number of thioether (sulfide) groups is 1. The summed E-state index contributed by atoms with van der Waals surface area (Å²) in [6.45, 7) is 3.11. The van der Waals surface area contributed by atoms with Crippen molar-refractivity contribution in [2.75, 3.05) is 18.1 Å². The van der Waals surface area contributed by atoms with Gasteiger partial charge in [-0.2, -0.15) is 17.0 Å². The molecule has 1 rings (SSSR count). The van der Waals surface area contributed by atoms with Crippen LogP contribution in [0, 0.1) is 11.3 Å². The summed E-state index contributed by atoms with van der Waals surface area (Å²) in [7, 11) is 0. The second-order valence-corrected chi connectivity index (χ2v) is 5.36. The summed E-state index contributed by atoms with van der Waals surface area (Å²) >= 11 is 5.19. The molecule has 1 unspecified atom stereocenters. The molecule has 0 amide bonds. The van der Waals surface area contributed by atoms with E-state index in [9.17, 15) is 0 Å². The van der Waals surface area contributed by atoms with Crippen LogP contribution in [0.1, 0.15) is 12.5 Å². The highest BCUT2D eigenvalue weighted by atomic mass is 79.9. The smallest absolute Gasteiger partial charge is 0.100 e. The van der Waals surface area contributed by atoms with Crippen molar-refractivity contribution >= 4 is 33.4 Å². The van der Waals surface area contributed by atoms with Crippen molar-refractivity contribution in [2.45, 2.75) is 12.2 Å². The van der Waals surface area contributed by atoms with Crippen LogP contribution in [0.25, 0.3) is 0 Å². The first-order chi connectivity index (χ1) is 7.17. The van der Waals surface area contributed by atoms with E-state index in [0.29, 0.717) is 10.8 Å². The highest BCUT2D eigenvalue weighted by Gasteiger charge is 2.02. The maximum absolute atomic E-state index is 8.76. The van der Waals surface area contributed by atoms with Crippen LogP contribution in [-0.4, -0.2) is 18.1 Å². The monoisotopic (exact) mass is 284 g/mol. The fraction of sp³-hybridized carbons (Fsp3) is 0.364. The van der Waals surface area contributed by atoms with Gasteiger partial charge in [0.1, 0.15) is 6.07 Å². The van der Waals surface area contributed by atoms with E-state index < -0.39 is 0 Å². The molecule has 0 spiro atoms. The normalized spacial score (nSPS) is 11.9. The molecule has 2 nitrogen and oxygen atoms in total. The standard InChI is InChI=1S/C11H13BrN2S/c1-8(15-2)7-14-10-4-3-9(6-13)11(12)5-10/h3-5,8,14H,7H2,1-2H3. The zero-order valence-corrected chi connectivity index (χ0v) is 11.2. The van der Waals surface area contributed by atoms with Crippen LogP contribution in [0.5, 0.6) is 0 Å². The van der Waals surface area contributed by atoms with Gasteiger partial charge >= 0.3 is 0 Å². The van der Waals surface area contributed by atoms with Crippen LogP contribution < -0.4 is 5.32 Å². The minimum Gasteiger partial charge on any atom is -0.384 e. The summed E-state index contributed by atoms with van der Waals surface area (Å²) in [6.07, 6.45) is 2.10. The molecule has 0 saturated carbocycles. The first-order valence-corrected chi connectivity index (χ1v) is 6.71. The summed E-state index contributed by atoms with van der Waals surface area (Å²) < 4.78 is 0.840. The number of hydrogen-bond donors (Lipinski definition) is 1. The minimum absolute atomic E-state index is 0.583. The number of nitrogens with one attached hydrogen (secondary N) is 1. The summed E-state index contributed by atoms with van der Waals surface area (Å²) in [5.41, 5.74) is 1.71. The van der Waals surface area contributed by atoms with Gasteiger partial charge in [0.25, 0.3) is 0 Å². The fourth-order valence-electron chi connectivity index (χ4n) is 1.06. The van der Waals surface area contributed by atoms with Gasteiger partial charge in [0, 0.05) is 22.0 Å². The van der Waals surface area contributed by atoms with Gasteiger partial charge in [-0.05, 0) is 40.4 Å². The van der Waals surface area contributed by atoms with Crippen molar-refractivity contribution in [1.29, 1.82) is 5.26 Å². The molecule has 0 fully saturated rings. The predicted molar refractivity (Wildman–Crippen MR) is 70.3 cm³/mol. The molecule has 80 valence electrons. The largest absolute Gasteiger partial charge is 0.384 e. The van der Waals surface area contributed by atoms with Crippen molar-refractivity contribution in [2.24, 2.45) is 0 Å². The highest BCUT2D eigenvalue weighted by molar-refractivity contribution is 9.10. The van der Waals surface area contributed by atoms with E-state index in [0.717, 1.165) is 16.7 Å². The molecular weight excluding hydrogens is 272 g/mol. The van der Waals surface area contributed by atoms with Crippen LogP contribution in [-0.2, 0) is 0 Å². The van der Waals surface area contributed by atoms with Gasteiger partial charge in [-0.15, -0.1) is 0 Å². The lowest BCUT2D eigenvalue weighted by Gasteiger charge is -2.11. The molecule has 4 heteroatoms. The molecule has 0 radical (unpaired) electrons. The van der Waals surface area contributed by atoms with E-state index in [2.05, 4.69) is 40.5 Å². The number of anilines is 1. The average Bonchev–Trinajstić information content (AvgIpc) is 2.26. The van der Waals surface area contributed by atoms with Crippen LogP contribution in [0.4, 0.5) is 5.69 Å². The van der Waals surface area contributed by atoms with Gasteiger partial charge in [0.15, 0.2) is 0 Å². The third kappa shape index (κ3) is 3.77. The first-order valence-electron chi connectivity index (χ1n) is 4.63. The molecule has 0 aromatic heterocycles. The molecule has 0 saturated heterocycles. The highest BCUT2D eigenvalue weighted by Crippen LogP contribution is 2.21. The van der Waals surface area contributed by atoms with Gasteiger partial charge < -0.3 is 5.32 Å². The van der Waals surface area contributed by atoms with Crippen LogP contribution >= 0.6 is 27.7 Å². The number of benzene rings is 1. The van der Waals surface area contributed by atoms with Gasteiger partial charge in [-0.25, -0.2) is 0 Å². The van der Waals surface area contributed by atoms with Crippen LogP contribution in [0.15, 0.2) is 22.7 Å². The summed E-state index contributed by atoms with van der Waals surface area (Å²) in [4.78, 5) is 0. The van der Waals surface area contributed by atoms with E-state index >= 15 is 0 Å². The first kappa shape index (κ1) is 12.4. The van der Waals surface area contributed by atoms with E-state index in [1.165, 1.54) is 0 Å². The Kier molecular flexibility index (Phi) is 5.00. The Labute approximate surface area is 103 Å². The van der Waals surface area contributed by atoms with Crippen molar-refractivity contribution in [3.05, 3.63) is 28.2 Å². The number of nitriles is 1. The van der Waals surface area contributed by atoms with Crippen molar-refractivity contribution in [3.8, 4) is 6.07 Å². The Morgan fingerprint density at radius 2 is 2.33 bits per heavy atom. The summed E-state index contributed by atoms with van der Waals surface area (Å²) in [5.74, 6) is 0. The Morgan fingerprint density at radius 1 is 1.60 bits per heavy atom. The average molecular weight is 285 g/mol. The second-order valence-electron chi connectivity index (χ2n) is 3.23. The molecular formula is C11H13BrN2S. The molecule has 0 bridgehead atoms. The van der Waals surface area contributed by atoms with E-state index in [1.807, 2.05) is 30.0 Å². The molecule has 0 aliphatic heterocycles. The van der Waals surface area contributed by atoms with Gasteiger partial charge in [-0.1, -0.05) is 6.92 Å². The van der Waals surface area contributed by atoms with Gasteiger partial charge in [0.2, 0.25) is 0 Å². The topological polar surface area (TPSA) is 35.8 Å². The summed E-state index contributed by atoms with van der Waals surface area (Å²) in [5, 5.41) is 12.7. The van der Waals surface area contributed by atoms with Crippen molar-refractivity contribution < 1.29 is 0 Å². The van der Waals surface area contributed by atoms with E-state index in [1.54, 1.807) is 0 Å². The Bertz CT molecular complexity index is 373. The Morgan fingerprint density at radius 3 is 2.87 bits per heavy atom. The van der Waals surface area contributed by atoms with Crippen molar-refractivity contribution in [3.63, 3.8) is 0 Å². The van der Waals surface area contributed by atoms with Crippen molar-refractivity contribution in [1.82, 2.24) is 0 Å². The molecule has 1 aromatic carbocycles. The van der Waals surface area contributed by atoms with E-state index in [4.69, 9.17) is 5.26 Å². The quantitative estimate of drug-likeness (QED) is 0.920. The third-order valence-corrected chi connectivity index (χ3v) is 3.71. The maximum atomic E-state index is 8.76. The lowest BCUT2D eigenvalue weighted by Crippen LogP contribution is -2.12. The lowest BCUT2D eigenvalue weighted by molar-refractivity contribution is 1.00. The molecule has 0 heterocycles.